The van der Waals surface area contributed by atoms with Crippen molar-refractivity contribution in [1.29, 1.82) is 0 Å². The summed E-state index contributed by atoms with van der Waals surface area (Å²) in [5, 5.41) is 3.05. The van der Waals surface area contributed by atoms with Crippen LogP contribution in [0.4, 0.5) is 8.78 Å². The Morgan fingerprint density at radius 1 is 1.29 bits per heavy atom. The predicted molar refractivity (Wildman–Crippen MR) is 99.5 cm³/mol. The van der Waals surface area contributed by atoms with Crippen LogP contribution in [0.15, 0.2) is 31.0 Å². The highest BCUT2D eigenvalue weighted by Crippen LogP contribution is 2.29. The minimum atomic E-state index is -2.23. The molecule has 1 aliphatic rings. The van der Waals surface area contributed by atoms with E-state index >= 15 is 0 Å². The number of H-pyrrole nitrogens is 1. The molecule has 1 aliphatic carbocycles. The molecule has 0 spiro atoms. The van der Waals surface area contributed by atoms with Gasteiger partial charge < -0.3 is 10.3 Å². The average Bonchev–Trinajstić information content (AvgIpc) is 3.38. The largest absolute Gasteiger partial charge is 0.358 e. The van der Waals surface area contributed by atoms with Crippen molar-refractivity contribution < 1.29 is 13.6 Å². The highest BCUT2D eigenvalue weighted by Gasteiger charge is 2.25. The first kappa shape index (κ1) is 18.5. The SMILES string of the molecule is O=C(NC1CCC(CCC(F)F)CC1)c1nc(-n2ccnc2)nc2cc[nH]c12. The number of imidazole rings is 1. The van der Waals surface area contributed by atoms with Crippen molar-refractivity contribution in [3.63, 3.8) is 0 Å². The summed E-state index contributed by atoms with van der Waals surface area (Å²) in [4.78, 5) is 28.8. The number of hydrogen-bond acceptors (Lipinski definition) is 4. The van der Waals surface area contributed by atoms with Gasteiger partial charge in [0.15, 0.2) is 5.69 Å². The highest BCUT2D eigenvalue weighted by molar-refractivity contribution is 6.03. The molecule has 1 amide bonds. The van der Waals surface area contributed by atoms with Crippen LogP contribution in [0.5, 0.6) is 0 Å². The van der Waals surface area contributed by atoms with Crippen LogP contribution in [-0.4, -0.2) is 42.9 Å². The second-order valence-corrected chi connectivity index (χ2v) is 7.24. The van der Waals surface area contributed by atoms with E-state index in [0.29, 0.717) is 35.0 Å². The van der Waals surface area contributed by atoms with Gasteiger partial charge >= 0.3 is 0 Å². The molecule has 0 atom stereocenters. The standard InChI is InChI=1S/C19H22F2N6O/c20-15(21)6-3-12-1-4-13(5-2-12)24-18(28)17-16-14(7-8-23-16)25-19(26-17)27-10-9-22-11-27/h7-13,15,23H,1-6H2,(H,24,28). The molecule has 1 saturated carbocycles. The maximum absolute atomic E-state index is 12.9. The van der Waals surface area contributed by atoms with Crippen LogP contribution in [0, 0.1) is 5.92 Å². The lowest BCUT2D eigenvalue weighted by Crippen LogP contribution is -2.38. The zero-order valence-electron chi connectivity index (χ0n) is 15.3. The topological polar surface area (TPSA) is 88.5 Å². The normalized spacial score (nSPS) is 20.0. The summed E-state index contributed by atoms with van der Waals surface area (Å²) in [6.45, 7) is 0. The molecular formula is C19H22F2N6O. The lowest BCUT2D eigenvalue weighted by Gasteiger charge is -2.29. The van der Waals surface area contributed by atoms with Gasteiger partial charge in [-0.2, -0.15) is 0 Å². The molecule has 7 nitrogen and oxygen atoms in total. The van der Waals surface area contributed by atoms with Gasteiger partial charge in [-0.3, -0.25) is 9.36 Å². The molecule has 0 aromatic carbocycles. The van der Waals surface area contributed by atoms with E-state index in [1.807, 2.05) is 0 Å². The molecule has 148 valence electrons. The second kappa shape index (κ2) is 8.04. The van der Waals surface area contributed by atoms with Crippen molar-refractivity contribution in [2.24, 2.45) is 5.92 Å². The van der Waals surface area contributed by atoms with Crippen LogP contribution in [0.3, 0.4) is 0 Å². The van der Waals surface area contributed by atoms with Crippen molar-refractivity contribution in [2.75, 3.05) is 0 Å². The molecule has 1 fully saturated rings. The van der Waals surface area contributed by atoms with Gasteiger partial charge in [0.1, 0.15) is 6.33 Å². The number of carbonyl (C=O) groups is 1. The van der Waals surface area contributed by atoms with Gasteiger partial charge in [0.05, 0.1) is 11.0 Å². The first-order valence-corrected chi connectivity index (χ1v) is 9.52. The van der Waals surface area contributed by atoms with E-state index in [2.05, 4.69) is 25.3 Å². The van der Waals surface area contributed by atoms with E-state index in [-0.39, 0.29) is 18.4 Å². The van der Waals surface area contributed by atoms with E-state index in [1.165, 1.54) is 0 Å². The van der Waals surface area contributed by atoms with Crippen LogP contribution in [-0.2, 0) is 0 Å². The maximum Gasteiger partial charge on any atom is 0.272 e. The number of aromatic nitrogens is 5. The minimum absolute atomic E-state index is 0.0342. The number of nitrogens with one attached hydrogen (secondary N) is 2. The summed E-state index contributed by atoms with van der Waals surface area (Å²) < 4.78 is 26.4. The molecule has 28 heavy (non-hydrogen) atoms. The number of rotatable bonds is 6. The van der Waals surface area contributed by atoms with Crippen LogP contribution in [0.25, 0.3) is 17.0 Å². The third-order valence-electron chi connectivity index (χ3n) is 5.32. The zero-order valence-corrected chi connectivity index (χ0v) is 15.3. The van der Waals surface area contributed by atoms with Crippen molar-refractivity contribution in [2.45, 2.75) is 51.0 Å². The van der Waals surface area contributed by atoms with Gasteiger partial charge in [-0.05, 0) is 44.1 Å². The first-order valence-electron chi connectivity index (χ1n) is 9.52. The summed E-state index contributed by atoms with van der Waals surface area (Å²) in [6.07, 6.45) is 8.25. The second-order valence-electron chi connectivity index (χ2n) is 7.24. The lowest BCUT2D eigenvalue weighted by atomic mass is 9.83. The molecule has 0 bridgehead atoms. The lowest BCUT2D eigenvalue weighted by molar-refractivity contribution is 0.0912. The van der Waals surface area contributed by atoms with Gasteiger partial charge in [0, 0.05) is 31.1 Å². The van der Waals surface area contributed by atoms with Gasteiger partial charge in [-0.25, -0.2) is 23.7 Å². The molecule has 3 aromatic heterocycles. The number of hydrogen-bond donors (Lipinski definition) is 2. The van der Waals surface area contributed by atoms with Crippen molar-refractivity contribution in [3.05, 3.63) is 36.7 Å². The fourth-order valence-electron chi connectivity index (χ4n) is 3.80. The van der Waals surface area contributed by atoms with Gasteiger partial charge in [0.2, 0.25) is 12.4 Å². The van der Waals surface area contributed by atoms with Crippen molar-refractivity contribution in [1.82, 2.24) is 29.8 Å². The number of fused-ring (bicyclic) bond motifs is 1. The summed E-state index contributed by atoms with van der Waals surface area (Å²) in [6, 6.07) is 1.83. The monoisotopic (exact) mass is 388 g/mol. The molecule has 2 N–H and O–H groups in total. The molecular weight excluding hydrogens is 366 g/mol. The van der Waals surface area contributed by atoms with E-state index in [1.54, 1.807) is 35.6 Å². The van der Waals surface area contributed by atoms with Crippen molar-refractivity contribution >= 4 is 16.9 Å². The fourth-order valence-corrected chi connectivity index (χ4v) is 3.80. The Labute approximate surface area is 160 Å². The molecule has 3 aromatic rings. The van der Waals surface area contributed by atoms with Crippen LogP contribution in [0.1, 0.15) is 49.0 Å². The van der Waals surface area contributed by atoms with Crippen LogP contribution in [0.2, 0.25) is 0 Å². The van der Waals surface area contributed by atoms with E-state index < -0.39 is 6.43 Å². The smallest absolute Gasteiger partial charge is 0.272 e. The Morgan fingerprint density at radius 2 is 2.11 bits per heavy atom. The molecule has 0 aliphatic heterocycles. The Balaban J connectivity index is 1.45. The molecule has 4 rings (SSSR count). The summed E-state index contributed by atoms with van der Waals surface area (Å²) >= 11 is 0. The zero-order chi connectivity index (χ0) is 19.5. The Kier molecular flexibility index (Phi) is 5.31. The third-order valence-corrected chi connectivity index (χ3v) is 5.32. The highest BCUT2D eigenvalue weighted by atomic mass is 19.3. The predicted octanol–water partition coefficient (Wildman–Crippen LogP) is 3.48. The van der Waals surface area contributed by atoms with E-state index in [0.717, 1.165) is 25.7 Å². The van der Waals surface area contributed by atoms with Crippen LogP contribution >= 0.6 is 0 Å². The molecule has 0 radical (unpaired) electrons. The average molecular weight is 388 g/mol. The fraction of sp³-hybridized carbons (Fsp3) is 0.474. The summed E-state index contributed by atoms with van der Waals surface area (Å²) in [5.74, 6) is 0.446. The molecule has 0 unspecified atom stereocenters. The Morgan fingerprint density at radius 3 is 2.82 bits per heavy atom. The summed E-state index contributed by atoms with van der Waals surface area (Å²) in [5.41, 5.74) is 1.53. The molecule has 3 heterocycles. The van der Waals surface area contributed by atoms with E-state index in [4.69, 9.17) is 0 Å². The minimum Gasteiger partial charge on any atom is -0.358 e. The quantitative estimate of drug-likeness (QED) is 0.677. The summed E-state index contributed by atoms with van der Waals surface area (Å²) in [7, 11) is 0. The maximum atomic E-state index is 12.9. The third kappa shape index (κ3) is 4.02. The van der Waals surface area contributed by atoms with E-state index in [9.17, 15) is 13.6 Å². The number of amides is 1. The molecule has 0 saturated heterocycles. The number of aromatic amines is 1. The number of halogens is 2. The van der Waals surface area contributed by atoms with Gasteiger partial charge in [-0.1, -0.05) is 0 Å². The first-order chi connectivity index (χ1) is 13.6. The van der Waals surface area contributed by atoms with Gasteiger partial charge in [0.25, 0.3) is 5.91 Å². The number of carbonyl (C=O) groups excluding carboxylic acids is 1. The number of alkyl halides is 2. The molecule has 9 heteroatoms. The van der Waals surface area contributed by atoms with Gasteiger partial charge in [-0.15, -0.1) is 0 Å². The Hall–Kier alpha value is -2.84. The van der Waals surface area contributed by atoms with Crippen LogP contribution < -0.4 is 5.32 Å². The number of nitrogens with zero attached hydrogens (tertiary/aromatic N) is 4. The Bertz CT molecular complexity index is 931. The van der Waals surface area contributed by atoms with Crippen molar-refractivity contribution in [3.8, 4) is 5.95 Å².